The van der Waals surface area contributed by atoms with E-state index in [2.05, 4.69) is 10.3 Å². The van der Waals surface area contributed by atoms with Gasteiger partial charge in [-0.1, -0.05) is 41.4 Å². The fourth-order valence-corrected chi connectivity index (χ4v) is 3.17. The average Bonchev–Trinajstić information content (AvgIpc) is 2.56. The molecule has 0 radical (unpaired) electrons. The highest BCUT2D eigenvalue weighted by Crippen LogP contribution is 2.21. The van der Waals surface area contributed by atoms with Crippen LogP contribution in [0.15, 0.2) is 42.5 Å². The summed E-state index contributed by atoms with van der Waals surface area (Å²) in [5.74, 6) is -0.512. The first-order chi connectivity index (χ1) is 11.5. The zero-order valence-electron chi connectivity index (χ0n) is 12.7. The minimum atomic E-state index is -0.572. The molecule has 0 spiro atoms. The Morgan fingerprint density at radius 2 is 1.83 bits per heavy atom. The number of rotatable bonds is 3. The number of hydrogen-bond acceptors (Lipinski definition) is 3. The first-order valence-corrected chi connectivity index (χ1v) is 8.30. The molecule has 2 aromatic rings. The fraction of sp³-hybridized carbons (Fsp3) is 0.235. The maximum Gasteiger partial charge on any atom is 0.252 e. The molecule has 2 amide bonds. The van der Waals surface area contributed by atoms with Crippen molar-refractivity contribution >= 4 is 40.7 Å². The molecular formula is C17H15Cl2N3O2. The maximum absolute atomic E-state index is 12.7. The maximum atomic E-state index is 12.7. The van der Waals surface area contributed by atoms with E-state index in [0.29, 0.717) is 13.0 Å². The molecule has 0 aliphatic carbocycles. The van der Waals surface area contributed by atoms with Gasteiger partial charge in [0.05, 0.1) is 0 Å². The van der Waals surface area contributed by atoms with Gasteiger partial charge in [-0.25, -0.2) is 4.98 Å². The second kappa shape index (κ2) is 7.20. The number of nitrogens with one attached hydrogen (secondary N) is 1. The predicted octanol–water partition coefficient (Wildman–Crippen LogP) is 3.31. The molecule has 1 aliphatic rings. The lowest BCUT2D eigenvalue weighted by molar-refractivity contribution is -0.121. The molecule has 3 rings (SSSR count). The molecule has 124 valence electrons. The van der Waals surface area contributed by atoms with Gasteiger partial charge in [0, 0.05) is 17.8 Å². The van der Waals surface area contributed by atoms with Crippen molar-refractivity contribution in [3.05, 3.63) is 58.3 Å². The lowest BCUT2D eigenvalue weighted by Crippen LogP contribution is -2.52. The van der Waals surface area contributed by atoms with E-state index in [1.807, 2.05) is 30.3 Å². The van der Waals surface area contributed by atoms with Crippen molar-refractivity contribution < 1.29 is 9.59 Å². The Bertz CT molecular complexity index is 747. The molecule has 1 N–H and O–H groups in total. The third-order valence-electron chi connectivity index (χ3n) is 3.84. The zero-order valence-corrected chi connectivity index (χ0v) is 14.2. The topological polar surface area (TPSA) is 62.3 Å². The highest BCUT2D eigenvalue weighted by molar-refractivity contribution is 6.33. The first kappa shape index (κ1) is 16.7. The van der Waals surface area contributed by atoms with Crippen LogP contribution in [0.2, 0.25) is 10.3 Å². The highest BCUT2D eigenvalue weighted by Gasteiger charge is 2.31. The van der Waals surface area contributed by atoms with E-state index in [4.69, 9.17) is 23.2 Å². The van der Waals surface area contributed by atoms with Crippen LogP contribution in [-0.2, 0) is 4.79 Å². The average molecular weight is 364 g/mol. The van der Waals surface area contributed by atoms with Crippen LogP contribution in [0.3, 0.4) is 0 Å². The van der Waals surface area contributed by atoms with Crippen molar-refractivity contribution in [2.24, 2.45) is 0 Å². The molecule has 1 unspecified atom stereocenters. The number of anilines is 1. The summed E-state index contributed by atoms with van der Waals surface area (Å²) >= 11 is 11.6. The van der Waals surface area contributed by atoms with Crippen LogP contribution < -0.4 is 10.2 Å². The van der Waals surface area contributed by atoms with Gasteiger partial charge >= 0.3 is 0 Å². The van der Waals surface area contributed by atoms with Gasteiger partial charge in [0.2, 0.25) is 5.91 Å². The standard InChI is InChI=1S/C17H15Cl2N3O2/c18-14-9-11(10-15(19)21-14)16(23)20-13-7-4-8-22(17(13)24)12-5-2-1-3-6-12/h1-3,5-6,9-10,13H,4,7-8H2,(H,20,23). The van der Waals surface area contributed by atoms with Crippen molar-refractivity contribution in [1.82, 2.24) is 10.3 Å². The molecule has 0 saturated carbocycles. The summed E-state index contributed by atoms with van der Waals surface area (Å²) in [6.45, 7) is 0.641. The van der Waals surface area contributed by atoms with Gasteiger partial charge < -0.3 is 10.2 Å². The number of amides is 2. The summed E-state index contributed by atoms with van der Waals surface area (Å²) in [7, 11) is 0. The number of aromatic nitrogens is 1. The van der Waals surface area contributed by atoms with Crippen LogP contribution in [0, 0.1) is 0 Å². The molecule has 1 fully saturated rings. The smallest absolute Gasteiger partial charge is 0.252 e. The van der Waals surface area contributed by atoms with Crippen molar-refractivity contribution in [3.8, 4) is 0 Å². The van der Waals surface area contributed by atoms with Crippen LogP contribution >= 0.6 is 23.2 Å². The van der Waals surface area contributed by atoms with E-state index in [-0.39, 0.29) is 21.8 Å². The third kappa shape index (κ3) is 3.68. The molecule has 1 aromatic heterocycles. The third-order valence-corrected chi connectivity index (χ3v) is 4.22. The largest absolute Gasteiger partial charge is 0.340 e. The number of carbonyl (C=O) groups excluding carboxylic acids is 2. The SMILES string of the molecule is O=C(NC1CCCN(c2ccccc2)C1=O)c1cc(Cl)nc(Cl)c1. The zero-order chi connectivity index (χ0) is 17.1. The van der Waals surface area contributed by atoms with E-state index in [1.54, 1.807) is 4.90 Å². The number of para-hydroxylation sites is 1. The molecule has 24 heavy (non-hydrogen) atoms. The van der Waals surface area contributed by atoms with E-state index in [9.17, 15) is 9.59 Å². The predicted molar refractivity (Wildman–Crippen MR) is 93.5 cm³/mol. The Balaban J connectivity index is 1.75. The summed E-state index contributed by atoms with van der Waals surface area (Å²) in [6, 6.07) is 11.7. The van der Waals surface area contributed by atoms with E-state index in [0.717, 1.165) is 12.1 Å². The van der Waals surface area contributed by atoms with Crippen molar-refractivity contribution in [1.29, 1.82) is 0 Å². The summed E-state index contributed by atoms with van der Waals surface area (Å²) < 4.78 is 0. The van der Waals surface area contributed by atoms with Gasteiger partial charge in [-0.3, -0.25) is 9.59 Å². The quantitative estimate of drug-likeness (QED) is 0.850. The van der Waals surface area contributed by atoms with Gasteiger partial charge in [0.1, 0.15) is 16.3 Å². The number of nitrogens with zero attached hydrogens (tertiary/aromatic N) is 2. The van der Waals surface area contributed by atoms with Crippen molar-refractivity contribution in [2.45, 2.75) is 18.9 Å². The number of piperidine rings is 1. The van der Waals surface area contributed by atoms with E-state index < -0.39 is 11.9 Å². The van der Waals surface area contributed by atoms with Crippen molar-refractivity contribution in [2.75, 3.05) is 11.4 Å². The molecule has 2 heterocycles. The minimum Gasteiger partial charge on any atom is -0.340 e. The molecule has 1 saturated heterocycles. The molecule has 0 bridgehead atoms. The van der Waals surface area contributed by atoms with E-state index in [1.165, 1.54) is 12.1 Å². The number of benzene rings is 1. The van der Waals surface area contributed by atoms with Crippen LogP contribution in [0.25, 0.3) is 0 Å². The summed E-state index contributed by atoms with van der Waals surface area (Å²) in [6.07, 6.45) is 1.41. The number of hydrogen-bond donors (Lipinski definition) is 1. The van der Waals surface area contributed by atoms with Gasteiger partial charge in [0.15, 0.2) is 0 Å². The molecule has 7 heteroatoms. The number of pyridine rings is 1. The normalized spacial score (nSPS) is 17.7. The number of carbonyl (C=O) groups is 2. The summed E-state index contributed by atoms with van der Waals surface area (Å²) in [4.78, 5) is 30.6. The van der Waals surface area contributed by atoms with Crippen molar-refractivity contribution in [3.63, 3.8) is 0 Å². The molecular weight excluding hydrogens is 349 g/mol. The monoisotopic (exact) mass is 363 g/mol. The fourth-order valence-electron chi connectivity index (χ4n) is 2.71. The molecule has 1 atom stereocenters. The molecule has 1 aromatic carbocycles. The minimum absolute atomic E-state index is 0.118. The van der Waals surface area contributed by atoms with Gasteiger partial charge in [-0.2, -0.15) is 0 Å². The number of halogens is 2. The Morgan fingerprint density at radius 3 is 2.50 bits per heavy atom. The van der Waals surface area contributed by atoms with Crippen LogP contribution in [0.5, 0.6) is 0 Å². The Morgan fingerprint density at radius 1 is 1.17 bits per heavy atom. The van der Waals surface area contributed by atoms with Gasteiger partial charge in [0.25, 0.3) is 5.91 Å². The second-order valence-electron chi connectivity index (χ2n) is 5.49. The lowest BCUT2D eigenvalue weighted by atomic mass is 10.0. The lowest BCUT2D eigenvalue weighted by Gasteiger charge is -2.32. The Hall–Kier alpha value is -2.11. The molecule has 5 nitrogen and oxygen atoms in total. The van der Waals surface area contributed by atoms with Gasteiger partial charge in [-0.05, 0) is 37.1 Å². The Kier molecular flexibility index (Phi) is 5.02. The van der Waals surface area contributed by atoms with Crippen LogP contribution in [-0.4, -0.2) is 29.4 Å². The summed E-state index contributed by atoms with van der Waals surface area (Å²) in [5.41, 5.74) is 1.11. The second-order valence-corrected chi connectivity index (χ2v) is 6.27. The van der Waals surface area contributed by atoms with E-state index >= 15 is 0 Å². The first-order valence-electron chi connectivity index (χ1n) is 7.55. The molecule has 1 aliphatic heterocycles. The highest BCUT2D eigenvalue weighted by atomic mass is 35.5. The van der Waals surface area contributed by atoms with Gasteiger partial charge in [-0.15, -0.1) is 0 Å². The van der Waals surface area contributed by atoms with Crippen LogP contribution in [0.1, 0.15) is 23.2 Å². The summed E-state index contributed by atoms with van der Waals surface area (Å²) in [5, 5.41) is 3.03. The van der Waals surface area contributed by atoms with Crippen LogP contribution in [0.4, 0.5) is 5.69 Å². The Labute approximate surface area is 149 Å².